The van der Waals surface area contributed by atoms with Gasteiger partial charge in [-0.1, -0.05) is 5.16 Å². The number of rotatable bonds is 5. The lowest BCUT2D eigenvalue weighted by Crippen LogP contribution is -2.23. The number of aromatic nitrogens is 1. The van der Waals surface area contributed by atoms with Crippen LogP contribution in [0.1, 0.15) is 16.1 Å². The van der Waals surface area contributed by atoms with Crippen LogP contribution in [0.5, 0.6) is 5.75 Å². The molecule has 0 amide bonds. The van der Waals surface area contributed by atoms with Gasteiger partial charge in [0.1, 0.15) is 11.3 Å². The minimum atomic E-state index is -3.87. The number of esters is 1. The van der Waals surface area contributed by atoms with Gasteiger partial charge in [-0.15, -0.1) is 0 Å². The number of carbonyl (C=O) groups is 1. The molecule has 8 nitrogen and oxygen atoms in total. The molecule has 0 saturated heterocycles. The molecule has 0 bridgehead atoms. The third-order valence-corrected chi connectivity index (χ3v) is 4.01. The summed E-state index contributed by atoms with van der Waals surface area (Å²) < 4.78 is 35.7. The Bertz CT molecular complexity index is 739. The molecule has 2 N–H and O–H groups in total. The first-order chi connectivity index (χ1) is 9.94. The van der Waals surface area contributed by atoms with Crippen molar-refractivity contribution in [3.05, 3.63) is 41.8 Å². The Balaban J connectivity index is 2.25. The van der Waals surface area contributed by atoms with E-state index in [1.165, 1.54) is 18.3 Å². The molecule has 0 aliphatic rings. The Morgan fingerprint density at radius 1 is 1.43 bits per heavy atom. The van der Waals surface area contributed by atoms with Gasteiger partial charge in [0.25, 0.3) is 0 Å². The second kappa shape index (κ2) is 5.94. The highest BCUT2D eigenvalue weighted by Gasteiger charge is 2.19. The maximum Gasteiger partial charge on any atom is 0.341 e. The molecule has 1 heterocycles. The van der Waals surface area contributed by atoms with Crippen molar-refractivity contribution in [2.75, 3.05) is 7.11 Å². The number of nitrogens with zero attached hydrogens (tertiary/aromatic N) is 1. The fourth-order valence-corrected chi connectivity index (χ4v) is 2.56. The van der Waals surface area contributed by atoms with Crippen LogP contribution in [0, 0.1) is 0 Å². The molecule has 2 aromatic rings. The van der Waals surface area contributed by atoms with Gasteiger partial charge in [0.2, 0.25) is 10.0 Å². The van der Waals surface area contributed by atoms with Crippen LogP contribution in [0.15, 0.2) is 39.9 Å². The lowest BCUT2D eigenvalue weighted by molar-refractivity contribution is 0.0597. The third-order valence-electron chi connectivity index (χ3n) is 2.61. The molecule has 0 aliphatic heterocycles. The second-order valence-electron chi connectivity index (χ2n) is 3.97. The highest BCUT2D eigenvalue weighted by atomic mass is 32.2. The SMILES string of the molecule is COC(=O)c1cc(S(=O)(=O)NCc2ccno2)ccc1O. The molecule has 9 heteroatoms. The summed E-state index contributed by atoms with van der Waals surface area (Å²) in [6, 6.07) is 4.82. The number of phenolic OH excluding ortho intramolecular Hbond substituents is 1. The van der Waals surface area contributed by atoms with E-state index in [9.17, 15) is 18.3 Å². The largest absolute Gasteiger partial charge is 0.507 e. The molecule has 0 unspecified atom stereocenters. The van der Waals surface area contributed by atoms with Crippen molar-refractivity contribution in [2.45, 2.75) is 11.4 Å². The summed E-state index contributed by atoms with van der Waals surface area (Å²) in [6.07, 6.45) is 1.39. The fraction of sp³-hybridized carbons (Fsp3) is 0.167. The Morgan fingerprint density at radius 3 is 2.81 bits per heavy atom. The Kier molecular flexibility index (Phi) is 4.24. The van der Waals surface area contributed by atoms with Gasteiger partial charge in [-0.2, -0.15) is 0 Å². The standard InChI is InChI=1S/C12H12N2O6S/c1-19-12(16)10-6-9(2-3-11(10)15)21(17,18)14-7-8-4-5-13-20-8/h2-6,14-15H,7H2,1H3. The minimum Gasteiger partial charge on any atom is -0.507 e. The van der Waals surface area contributed by atoms with E-state index in [1.54, 1.807) is 0 Å². The molecule has 0 aliphatic carbocycles. The van der Waals surface area contributed by atoms with Gasteiger partial charge >= 0.3 is 5.97 Å². The number of aromatic hydroxyl groups is 1. The molecule has 0 spiro atoms. The Morgan fingerprint density at radius 2 is 2.19 bits per heavy atom. The summed E-state index contributed by atoms with van der Waals surface area (Å²) in [7, 11) is -2.74. The van der Waals surface area contributed by atoms with Crippen LogP contribution in [0.25, 0.3) is 0 Å². The normalized spacial score (nSPS) is 11.3. The van der Waals surface area contributed by atoms with E-state index >= 15 is 0 Å². The quantitative estimate of drug-likeness (QED) is 0.778. The zero-order valence-electron chi connectivity index (χ0n) is 10.9. The van der Waals surface area contributed by atoms with Crippen molar-refractivity contribution in [3.8, 4) is 5.75 Å². The molecule has 0 saturated carbocycles. The predicted molar refractivity (Wildman–Crippen MR) is 70.0 cm³/mol. The monoisotopic (exact) mass is 312 g/mol. The van der Waals surface area contributed by atoms with E-state index < -0.39 is 16.0 Å². The Hall–Kier alpha value is -2.39. The summed E-state index contributed by atoms with van der Waals surface area (Å²) in [5.74, 6) is -0.860. The highest BCUT2D eigenvalue weighted by molar-refractivity contribution is 7.89. The average Bonchev–Trinajstić information content (AvgIpc) is 2.98. The minimum absolute atomic E-state index is 0.0865. The maximum atomic E-state index is 12.1. The lowest BCUT2D eigenvalue weighted by Gasteiger charge is -2.08. The van der Waals surface area contributed by atoms with E-state index in [4.69, 9.17) is 4.52 Å². The van der Waals surface area contributed by atoms with Crippen LogP contribution in [0.2, 0.25) is 0 Å². The number of carbonyl (C=O) groups excluding carboxylic acids is 1. The van der Waals surface area contributed by atoms with Crippen molar-refractivity contribution in [2.24, 2.45) is 0 Å². The number of phenols is 1. The molecule has 0 atom stereocenters. The van der Waals surface area contributed by atoms with Crippen LogP contribution in [-0.4, -0.2) is 31.8 Å². The van der Waals surface area contributed by atoms with E-state index in [2.05, 4.69) is 14.6 Å². The zero-order valence-corrected chi connectivity index (χ0v) is 11.8. The van der Waals surface area contributed by atoms with Crippen molar-refractivity contribution in [3.63, 3.8) is 0 Å². The highest BCUT2D eigenvalue weighted by Crippen LogP contribution is 2.22. The summed E-state index contributed by atoms with van der Waals surface area (Å²) >= 11 is 0. The molecule has 112 valence electrons. The van der Waals surface area contributed by atoms with Gasteiger partial charge in [-0.3, -0.25) is 0 Å². The number of hydrogen-bond donors (Lipinski definition) is 2. The number of nitrogens with one attached hydrogen (secondary N) is 1. The molecule has 0 fully saturated rings. The fourth-order valence-electron chi connectivity index (χ4n) is 1.54. The van der Waals surface area contributed by atoms with E-state index in [1.807, 2.05) is 0 Å². The van der Waals surface area contributed by atoms with Crippen LogP contribution in [0.4, 0.5) is 0 Å². The van der Waals surface area contributed by atoms with E-state index in [-0.39, 0.29) is 22.8 Å². The molecule has 21 heavy (non-hydrogen) atoms. The van der Waals surface area contributed by atoms with Crippen LogP contribution in [-0.2, 0) is 21.3 Å². The molecular formula is C12H12N2O6S. The van der Waals surface area contributed by atoms with Gasteiger partial charge in [-0.05, 0) is 18.2 Å². The summed E-state index contributed by atoms with van der Waals surface area (Å²) in [5.41, 5.74) is -0.236. The van der Waals surface area contributed by atoms with Crippen molar-refractivity contribution < 1.29 is 27.6 Å². The van der Waals surface area contributed by atoms with E-state index in [0.717, 1.165) is 19.2 Å². The van der Waals surface area contributed by atoms with Crippen LogP contribution in [0.3, 0.4) is 0 Å². The molecule has 1 aromatic heterocycles. The number of ether oxygens (including phenoxy) is 1. The molecule has 2 rings (SSSR count). The van der Waals surface area contributed by atoms with Gasteiger partial charge in [0, 0.05) is 6.07 Å². The summed E-state index contributed by atoms with van der Waals surface area (Å²) in [6.45, 7) is -0.0865. The first kappa shape index (κ1) is 15.0. The lowest BCUT2D eigenvalue weighted by atomic mass is 10.2. The molecule has 0 radical (unpaired) electrons. The van der Waals surface area contributed by atoms with E-state index in [0.29, 0.717) is 5.76 Å². The number of benzene rings is 1. The number of sulfonamides is 1. The average molecular weight is 312 g/mol. The van der Waals surface area contributed by atoms with Crippen molar-refractivity contribution >= 4 is 16.0 Å². The second-order valence-corrected chi connectivity index (χ2v) is 5.74. The zero-order chi connectivity index (χ0) is 15.5. The Labute approximate surface area is 120 Å². The third kappa shape index (κ3) is 3.38. The number of hydrogen-bond acceptors (Lipinski definition) is 7. The van der Waals surface area contributed by atoms with Gasteiger partial charge in [0.05, 0.1) is 24.7 Å². The van der Waals surface area contributed by atoms with Gasteiger partial charge < -0.3 is 14.4 Å². The number of methoxy groups -OCH3 is 1. The summed E-state index contributed by atoms with van der Waals surface area (Å²) in [4.78, 5) is 11.3. The summed E-state index contributed by atoms with van der Waals surface area (Å²) in [5, 5.41) is 13.0. The smallest absolute Gasteiger partial charge is 0.341 e. The van der Waals surface area contributed by atoms with Gasteiger partial charge in [-0.25, -0.2) is 17.9 Å². The first-order valence-electron chi connectivity index (χ1n) is 5.74. The van der Waals surface area contributed by atoms with Crippen LogP contribution < -0.4 is 4.72 Å². The van der Waals surface area contributed by atoms with Gasteiger partial charge in [0.15, 0.2) is 5.76 Å². The van der Waals surface area contributed by atoms with Crippen molar-refractivity contribution in [1.29, 1.82) is 0 Å². The predicted octanol–water partition coefficient (Wildman–Crippen LogP) is 0.645. The first-order valence-corrected chi connectivity index (χ1v) is 7.23. The maximum absolute atomic E-state index is 12.1. The van der Waals surface area contributed by atoms with Crippen molar-refractivity contribution in [1.82, 2.24) is 9.88 Å². The topological polar surface area (TPSA) is 119 Å². The molecule has 1 aromatic carbocycles. The molecular weight excluding hydrogens is 300 g/mol. The van der Waals surface area contributed by atoms with Crippen LogP contribution >= 0.6 is 0 Å².